The van der Waals surface area contributed by atoms with Gasteiger partial charge in [0.1, 0.15) is 5.60 Å². The van der Waals surface area contributed by atoms with E-state index in [0.29, 0.717) is 12.2 Å². The molecule has 23 heavy (non-hydrogen) atoms. The molecule has 2 aromatic carbocycles. The summed E-state index contributed by atoms with van der Waals surface area (Å²) in [6.45, 7) is 2.74. The summed E-state index contributed by atoms with van der Waals surface area (Å²) in [5, 5.41) is 9.16. The number of nitriles is 1. The molecule has 0 radical (unpaired) electrons. The number of likely N-dealkylation sites (N-methyl/N-ethyl adjacent to an activating group) is 1. The quantitative estimate of drug-likeness (QED) is 0.864. The fourth-order valence-corrected chi connectivity index (χ4v) is 3.82. The number of nitrogens with zero attached hydrogens (tertiary/aromatic N) is 2. The maximum Gasteiger partial charge on any atom is 0.134 e. The van der Waals surface area contributed by atoms with E-state index in [1.54, 1.807) is 0 Å². The summed E-state index contributed by atoms with van der Waals surface area (Å²) >= 11 is 0. The lowest BCUT2D eigenvalue weighted by Gasteiger charge is -2.41. The van der Waals surface area contributed by atoms with E-state index in [2.05, 4.69) is 62.3 Å². The van der Waals surface area contributed by atoms with Crippen LogP contribution in [0.5, 0.6) is 0 Å². The summed E-state index contributed by atoms with van der Waals surface area (Å²) in [5.41, 5.74) is 3.68. The van der Waals surface area contributed by atoms with Crippen LogP contribution in [0.2, 0.25) is 0 Å². The first kappa shape index (κ1) is 15.7. The van der Waals surface area contributed by atoms with Gasteiger partial charge >= 0.3 is 0 Å². The van der Waals surface area contributed by atoms with Gasteiger partial charge in [-0.1, -0.05) is 43.3 Å². The minimum Gasteiger partial charge on any atom is -0.359 e. The molecule has 1 aliphatic heterocycles. The molecule has 118 valence electrons. The number of hydrogen-bond donors (Lipinski definition) is 0. The Morgan fingerprint density at radius 1 is 1.22 bits per heavy atom. The molecule has 1 aliphatic rings. The van der Waals surface area contributed by atoms with Crippen LogP contribution in [0.25, 0.3) is 0 Å². The van der Waals surface area contributed by atoms with E-state index in [1.165, 1.54) is 11.1 Å². The van der Waals surface area contributed by atoms with Crippen LogP contribution in [0.4, 0.5) is 0 Å². The van der Waals surface area contributed by atoms with Crippen LogP contribution in [0.1, 0.15) is 35.6 Å². The van der Waals surface area contributed by atoms with Crippen molar-refractivity contribution in [2.75, 3.05) is 14.1 Å². The highest BCUT2D eigenvalue weighted by Gasteiger charge is 2.48. The Hall–Kier alpha value is -2.15. The van der Waals surface area contributed by atoms with Gasteiger partial charge in [-0.3, -0.25) is 0 Å². The van der Waals surface area contributed by atoms with Crippen LogP contribution in [0, 0.1) is 11.3 Å². The molecule has 2 unspecified atom stereocenters. The van der Waals surface area contributed by atoms with Crippen molar-refractivity contribution < 1.29 is 4.74 Å². The lowest BCUT2D eigenvalue weighted by Crippen LogP contribution is -2.48. The third kappa shape index (κ3) is 2.45. The number of fused-ring (bicyclic) bond motifs is 1. The van der Waals surface area contributed by atoms with Gasteiger partial charge in [0.05, 0.1) is 18.2 Å². The van der Waals surface area contributed by atoms with Crippen LogP contribution < -0.4 is 0 Å². The molecule has 2 atom stereocenters. The molecule has 1 heterocycles. The molecule has 0 spiro atoms. The molecule has 3 nitrogen and oxygen atoms in total. The van der Waals surface area contributed by atoms with Gasteiger partial charge in [0, 0.05) is 6.04 Å². The van der Waals surface area contributed by atoms with Crippen molar-refractivity contribution in [1.82, 2.24) is 4.90 Å². The summed E-state index contributed by atoms with van der Waals surface area (Å²) in [6.07, 6.45) is 0.974. The zero-order chi connectivity index (χ0) is 16.4. The lowest BCUT2D eigenvalue weighted by atomic mass is 9.78. The molecule has 0 bridgehead atoms. The minimum absolute atomic E-state index is 0.221. The lowest BCUT2D eigenvalue weighted by molar-refractivity contribution is -0.0610. The van der Waals surface area contributed by atoms with E-state index in [1.807, 2.05) is 18.2 Å². The SMILES string of the molecule is CCC(N(C)C)C1(c2ccccc2)OCc2cc(C#N)ccc21. The highest BCUT2D eigenvalue weighted by atomic mass is 16.5. The van der Waals surface area contributed by atoms with Crippen molar-refractivity contribution in [2.24, 2.45) is 0 Å². The number of benzene rings is 2. The second-order valence-electron chi connectivity index (χ2n) is 6.26. The molecular formula is C20H22N2O. The third-order valence-electron chi connectivity index (χ3n) is 4.77. The largest absolute Gasteiger partial charge is 0.359 e. The van der Waals surface area contributed by atoms with Gasteiger partial charge in [-0.15, -0.1) is 0 Å². The van der Waals surface area contributed by atoms with Gasteiger partial charge in [-0.05, 0) is 49.3 Å². The van der Waals surface area contributed by atoms with Crippen LogP contribution in [0.3, 0.4) is 0 Å². The second-order valence-corrected chi connectivity index (χ2v) is 6.26. The van der Waals surface area contributed by atoms with Crippen molar-refractivity contribution >= 4 is 0 Å². The van der Waals surface area contributed by atoms with Crippen molar-refractivity contribution in [3.8, 4) is 6.07 Å². The monoisotopic (exact) mass is 306 g/mol. The maximum absolute atomic E-state index is 9.16. The first-order chi connectivity index (χ1) is 11.1. The Balaban J connectivity index is 2.23. The Kier molecular flexibility index (Phi) is 4.21. The molecule has 0 N–H and O–H groups in total. The van der Waals surface area contributed by atoms with Crippen LogP contribution in [0.15, 0.2) is 48.5 Å². The Labute approximate surface area is 138 Å². The molecule has 0 saturated carbocycles. The highest BCUT2D eigenvalue weighted by Crippen LogP contribution is 2.46. The van der Waals surface area contributed by atoms with E-state index in [9.17, 15) is 0 Å². The smallest absolute Gasteiger partial charge is 0.134 e. The zero-order valence-electron chi connectivity index (χ0n) is 13.9. The summed E-state index contributed by atoms with van der Waals surface area (Å²) < 4.78 is 6.46. The first-order valence-corrected chi connectivity index (χ1v) is 8.03. The predicted octanol–water partition coefficient (Wildman–Crippen LogP) is 3.67. The van der Waals surface area contributed by atoms with Crippen molar-refractivity contribution in [3.63, 3.8) is 0 Å². The topological polar surface area (TPSA) is 36.3 Å². The first-order valence-electron chi connectivity index (χ1n) is 8.03. The van der Waals surface area contributed by atoms with E-state index in [-0.39, 0.29) is 6.04 Å². The fourth-order valence-electron chi connectivity index (χ4n) is 3.82. The highest BCUT2D eigenvalue weighted by molar-refractivity contribution is 5.49. The molecule has 0 aliphatic carbocycles. The van der Waals surface area contributed by atoms with Gasteiger partial charge in [0.15, 0.2) is 0 Å². The summed E-state index contributed by atoms with van der Waals surface area (Å²) in [6, 6.07) is 18.8. The van der Waals surface area contributed by atoms with Gasteiger partial charge in [-0.25, -0.2) is 0 Å². The van der Waals surface area contributed by atoms with Crippen LogP contribution in [-0.2, 0) is 16.9 Å². The molecule has 3 heteroatoms. The van der Waals surface area contributed by atoms with E-state index in [0.717, 1.165) is 12.0 Å². The molecule has 0 fully saturated rings. The van der Waals surface area contributed by atoms with Crippen molar-refractivity contribution in [1.29, 1.82) is 5.26 Å². The average Bonchev–Trinajstić information content (AvgIpc) is 2.95. The maximum atomic E-state index is 9.16. The standard InChI is InChI=1S/C20H22N2O/c1-4-19(22(2)3)20(17-8-6-5-7-9-17)18-11-10-15(13-21)12-16(18)14-23-20/h5-12,19H,4,14H2,1-3H3. The van der Waals surface area contributed by atoms with Gasteiger partial charge in [0.25, 0.3) is 0 Å². The molecule has 0 aromatic heterocycles. The molecule has 2 aromatic rings. The van der Waals surface area contributed by atoms with Crippen LogP contribution in [-0.4, -0.2) is 25.0 Å². The number of hydrogen-bond acceptors (Lipinski definition) is 3. The average molecular weight is 306 g/mol. The normalized spacial score (nSPS) is 21.0. The Bertz CT molecular complexity index is 733. The minimum atomic E-state index is -0.483. The van der Waals surface area contributed by atoms with Crippen molar-refractivity contribution in [3.05, 3.63) is 70.8 Å². The Morgan fingerprint density at radius 2 is 1.96 bits per heavy atom. The van der Waals surface area contributed by atoms with E-state index in [4.69, 9.17) is 10.00 Å². The zero-order valence-corrected chi connectivity index (χ0v) is 13.9. The summed E-state index contributed by atoms with van der Waals surface area (Å²) in [7, 11) is 4.20. The van der Waals surface area contributed by atoms with E-state index < -0.39 is 5.60 Å². The third-order valence-corrected chi connectivity index (χ3v) is 4.77. The summed E-state index contributed by atoms with van der Waals surface area (Å²) in [5.74, 6) is 0. The predicted molar refractivity (Wildman–Crippen MR) is 90.9 cm³/mol. The second kappa shape index (κ2) is 6.16. The molecular weight excluding hydrogens is 284 g/mol. The molecule has 0 amide bonds. The van der Waals surface area contributed by atoms with Gasteiger partial charge in [0.2, 0.25) is 0 Å². The molecule has 3 rings (SSSR count). The number of ether oxygens (including phenoxy) is 1. The number of rotatable bonds is 4. The molecule has 0 saturated heterocycles. The van der Waals surface area contributed by atoms with Crippen LogP contribution >= 0.6 is 0 Å². The van der Waals surface area contributed by atoms with E-state index >= 15 is 0 Å². The summed E-state index contributed by atoms with van der Waals surface area (Å²) in [4.78, 5) is 2.24. The van der Waals surface area contributed by atoms with Gasteiger partial charge in [-0.2, -0.15) is 5.26 Å². The van der Waals surface area contributed by atoms with Crippen molar-refractivity contribution in [2.45, 2.75) is 31.6 Å². The van der Waals surface area contributed by atoms with Gasteiger partial charge < -0.3 is 9.64 Å². The Morgan fingerprint density at radius 3 is 2.57 bits per heavy atom. The fraction of sp³-hybridized carbons (Fsp3) is 0.350.